The molecule has 0 spiro atoms. The number of carbonyl (C=O) groups excluding carboxylic acids is 2. The summed E-state index contributed by atoms with van der Waals surface area (Å²) in [5.74, 6) is 0.411. The summed E-state index contributed by atoms with van der Waals surface area (Å²) in [4.78, 5) is 34.0. The molecule has 0 N–H and O–H groups in total. The van der Waals surface area contributed by atoms with Crippen LogP contribution in [0.5, 0.6) is 0 Å². The van der Waals surface area contributed by atoms with Gasteiger partial charge in [0.1, 0.15) is 11.3 Å². The molecule has 0 saturated carbocycles. The van der Waals surface area contributed by atoms with Crippen molar-refractivity contribution in [1.29, 1.82) is 0 Å². The summed E-state index contributed by atoms with van der Waals surface area (Å²) in [5, 5.41) is 3.89. The molecule has 3 fully saturated rings. The van der Waals surface area contributed by atoms with Crippen LogP contribution in [-0.2, 0) is 11.3 Å². The van der Waals surface area contributed by atoms with Gasteiger partial charge < -0.3 is 14.3 Å². The Labute approximate surface area is 152 Å². The van der Waals surface area contributed by atoms with E-state index in [1.165, 1.54) is 0 Å². The van der Waals surface area contributed by atoms with Crippen LogP contribution >= 0.6 is 0 Å². The molecular weight excluding hydrogens is 332 g/mol. The second-order valence-electron chi connectivity index (χ2n) is 7.12. The highest BCUT2D eigenvalue weighted by molar-refractivity contribution is 5.96. The molecule has 0 aromatic carbocycles. The molecule has 0 aliphatic carbocycles. The molecule has 5 heterocycles. The zero-order chi connectivity index (χ0) is 18.3. The number of rotatable bonds is 3. The first-order valence-electron chi connectivity index (χ1n) is 8.97. The van der Waals surface area contributed by atoms with E-state index in [1.807, 2.05) is 23.1 Å². The Balaban J connectivity index is 1.58. The zero-order valence-electron chi connectivity index (χ0n) is 15.0. The molecule has 2 bridgehead atoms. The first kappa shape index (κ1) is 16.8. The highest BCUT2D eigenvalue weighted by Gasteiger charge is 2.42. The summed E-state index contributed by atoms with van der Waals surface area (Å²) in [7, 11) is 0. The lowest BCUT2D eigenvalue weighted by Crippen LogP contribution is -2.47. The molecule has 3 aliphatic rings. The third-order valence-electron chi connectivity index (χ3n) is 5.39. The summed E-state index contributed by atoms with van der Waals surface area (Å²) < 4.78 is 5.15. The van der Waals surface area contributed by atoms with Crippen LogP contribution < -0.4 is 0 Å². The lowest BCUT2D eigenvalue weighted by Gasteiger charge is -2.35. The smallest absolute Gasteiger partial charge is 0.259 e. The van der Waals surface area contributed by atoms with E-state index in [0.717, 1.165) is 18.5 Å². The van der Waals surface area contributed by atoms with Crippen molar-refractivity contribution < 1.29 is 14.1 Å². The van der Waals surface area contributed by atoms with Crippen molar-refractivity contribution in [2.45, 2.75) is 39.3 Å². The Bertz CT molecular complexity index is 813. The molecule has 3 saturated heterocycles. The quantitative estimate of drug-likeness (QED) is 0.842. The topological polar surface area (TPSA) is 79.5 Å². The number of hydrogen-bond acceptors (Lipinski definition) is 5. The molecule has 7 nitrogen and oxygen atoms in total. The zero-order valence-corrected chi connectivity index (χ0v) is 15.0. The van der Waals surface area contributed by atoms with Crippen molar-refractivity contribution in [3.8, 4) is 0 Å². The number of aryl methyl sites for hydroxylation is 2. The molecule has 2 aromatic heterocycles. The van der Waals surface area contributed by atoms with Gasteiger partial charge in [-0.1, -0.05) is 11.2 Å². The monoisotopic (exact) mass is 354 g/mol. The van der Waals surface area contributed by atoms with Crippen molar-refractivity contribution in [3.05, 3.63) is 47.1 Å². The summed E-state index contributed by atoms with van der Waals surface area (Å²) in [6.07, 6.45) is 3.48. The van der Waals surface area contributed by atoms with Crippen LogP contribution in [0.1, 0.15) is 40.3 Å². The van der Waals surface area contributed by atoms with Gasteiger partial charge in [0.05, 0.1) is 23.9 Å². The largest absolute Gasteiger partial charge is 0.361 e. The molecular formula is C19H22N4O3. The van der Waals surface area contributed by atoms with Crippen LogP contribution in [0.25, 0.3) is 0 Å². The lowest BCUT2D eigenvalue weighted by molar-refractivity contribution is -0.140. The lowest BCUT2D eigenvalue weighted by atomic mass is 9.94. The van der Waals surface area contributed by atoms with E-state index in [1.54, 1.807) is 24.9 Å². The van der Waals surface area contributed by atoms with Crippen molar-refractivity contribution in [2.75, 3.05) is 13.1 Å². The van der Waals surface area contributed by atoms with Gasteiger partial charge in [-0.15, -0.1) is 0 Å². The number of nitrogens with zero attached hydrogens (tertiary/aromatic N) is 4. The number of piperidine rings is 1. The SMILES string of the molecule is Cc1noc(C)c1C(=O)N1C[C@H]2CC[C@@H](C1)N(Cc1ccccn1)C2=O. The molecule has 2 aromatic rings. The second kappa shape index (κ2) is 6.55. The highest BCUT2D eigenvalue weighted by Crippen LogP contribution is 2.31. The van der Waals surface area contributed by atoms with Gasteiger partial charge >= 0.3 is 0 Å². The number of amides is 2. The normalized spacial score (nSPS) is 22.6. The van der Waals surface area contributed by atoms with Crippen LogP contribution in [0.4, 0.5) is 0 Å². The van der Waals surface area contributed by atoms with Crippen LogP contribution in [0, 0.1) is 19.8 Å². The Kier molecular flexibility index (Phi) is 4.22. The van der Waals surface area contributed by atoms with Gasteiger partial charge in [-0.05, 0) is 38.8 Å². The van der Waals surface area contributed by atoms with Gasteiger partial charge in [0.25, 0.3) is 5.91 Å². The first-order valence-corrected chi connectivity index (χ1v) is 8.97. The minimum absolute atomic E-state index is 0.0210. The van der Waals surface area contributed by atoms with Gasteiger partial charge in [0, 0.05) is 25.3 Å². The second-order valence-corrected chi connectivity index (χ2v) is 7.12. The minimum Gasteiger partial charge on any atom is -0.361 e. The van der Waals surface area contributed by atoms with Gasteiger partial charge in [0.15, 0.2) is 0 Å². The van der Waals surface area contributed by atoms with E-state index in [-0.39, 0.29) is 23.8 Å². The number of aromatic nitrogens is 2. The average Bonchev–Trinajstić information content (AvgIpc) is 2.82. The van der Waals surface area contributed by atoms with Gasteiger partial charge in [-0.3, -0.25) is 14.6 Å². The van der Waals surface area contributed by atoms with Crippen molar-refractivity contribution >= 4 is 11.8 Å². The Morgan fingerprint density at radius 2 is 2.12 bits per heavy atom. The molecule has 5 rings (SSSR count). The molecule has 3 aliphatic heterocycles. The van der Waals surface area contributed by atoms with Crippen LogP contribution in [0.2, 0.25) is 0 Å². The third-order valence-corrected chi connectivity index (χ3v) is 5.39. The summed E-state index contributed by atoms with van der Waals surface area (Å²) in [6.45, 7) is 5.01. The van der Waals surface area contributed by atoms with Gasteiger partial charge in [0.2, 0.25) is 5.91 Å². The summed E-state index contributed by atoms with van der Waals surface area (Å²) >= 11 is 0. The average molecular weight is 354 g/mol. The van der Waals surface area contributed by atoms with Crippen molar-refractivity contribution in [2.24, 2.45) is 5.92 Å². The molecule has 0 radical (unpaired) electrons. The Morgan fingerprint density at radius 3 is 2.81 bits per heavy atom. The fraction of sp³-hybridized carbons (Fsp3) is 0.474. The van der Waals surface area contributed by atoms with E-state index in [0.29, 0.717) is 36.7 Å². The number of hydrogen-bond donors (Lipinski definition) is 0. The molecule has 7 heteroatoms. The maximum atomic E-state index is 13.0. The molecule has 26 heavy (non-hydrogen) atoms. The Hall–Kier alpha value is -2.70. The summed E-state index contributed by atoms with van der Waals surface area (Å²) in [5.41, 5.74) is 1.99. The Morgan fingerprint density at radius 1 is 1.27 bits per heavy atom. The summed E-state index contributed by atoms with van der Waals surface area (Å²) in [6, 6.07) is 5.74. The highest BCUT2D eigenvalue weighted by atomic mass is 16.5. The van der Waals surface area contributed by atoms with Crippen molar-refractivity contribution in [3.63, 3.8) is 0 Å². The van der Waals surface area contributed by atoms with Crippen molar-refractivity contribution in [1.82, 2.24) is 19.9 Å². The molecule has 136 valence electrons. The molecule has 2 atom stereocenters. The maximum absolute atomic E-state index is 13.0. The van der Waals surface area contributed by atoms with Gasteiger partial charge in [-0.25, -0.2) is 0 Å². The fourth-order valence-electron chi connectivity index (χ4n) is 4.03. The molecule has 0 unspecified atom stereocenters. The van der Waals surface area contributed by atoms with Crippen LogP contribution in [0.15, 0.2) is 28.9 Å². The van der Waals surface area contributed by atoms with E-state index < -0.39 is 0 Å². The first-order chi connectivity index (χ1) is 12.5. The minimum atomic E-state index is -0.151. The van der Waals surface area contributed by atoms with E-state index >= 15 is 0 Å². The van der Waals surface area contributed by atoms with Crippen LogP contribution in [0.3, 0.4) is 0 Å². The maximum Gasteiger partial charge on any atom is 0.259 e. The van der Waals surface area contributed by atoms with E-state index in [4.69, 9.17) is 4.52 Å². The predicted octanol–water partition coefficient (Wildman–Crippen LogP) is 1.95. The number of fused-ring (bicyclic) bond motifs is 4. The standard InChI is InChI=1S/C19H22N4O3/c1-12-17(13(2)26-21-12)19(25)22-9-14-6-7-16(11-22)23(18(14)24)10-15-5-3-4-8-20-15/h3-5,8,14,16H,6-7,9-11H2,1-2H3/t14-,16+/m1/s1. The third kappa shape index (κ3) is 2.87. The van der Waals surface area contributed by atoms with Gasteiger partial charge in [-0.2, -0.15) is 0 Å². The predicted molar refractivity (Wildman–Crippen MR) is 93.2 cm³/mol. The van der Waals surface area contributed by atoms with E-state index in [2.05, 4.69) is 10.1 Å². The van der Waals surface area contributed by atoms with E-state index in [9.17, 15) is 9.59 Å². The number of pyridine rings is 1. The fourth-order valence-corrected chi connectivity index (χ4v) is 4.03. The molecule has 2 amide bonds. The number of carbonyl (C=O) groups is 2. The van der Waals surface area contributed by atoms with Crippen LogP contribution in [-0.4, -0.2) is 50.9 Å².